The zero-order chi connectivity index (χ0) is 44.8. The molecule has 0 aliphatic heterocycles. The van der Waals surface area contributed by atoms with Crippen molar-refractivity contribution in [2.24, 2.45) is 51.1 Å². The van der Waals surface area contributed by atoms with E-state index in [9.17, 15) is 38.9 Å². The molecule has 6 aromatic rings. The fraction of sp³-hybridized carbons (Fsp3) is 0. The summed E-state index contributed by atoms with van der Waals surface area (Å²) in [6.45, 7) is 0. The molecule has 0 atom stereocenters. The van der Waals surface area contributed by atoms with E-state index in [1.54, 1.807) is 18.2 Å². The number of anilines is 4. The molecule has 0 aliphatic carbocycles. The minimum Gasteiger partial charge on any atom is -0.744 e. The van der Waals surface area contributed by atoms with E-state index in [-0.39, 0.29) is 168 Å². The van der Waals surface area contributed by atoms with Gasteiger partial charge in [-0.3, -0.25) is 0 Å². The van der Waals surface area contributed by atoms with Gasteiger partial charge in [-0.15, -0.1) is 25.6 Å². The van der Waals surface area contributed by atoms with Crippen molar-refractivity contribution in [3.8, 4) is 0 Å². The normalized spacial score (nSPS) is 12.2. The minimum atomic E-state index is -4.74. The average Bonchev–Trinajstić information content (AvgIpc) is 3.21. The predicted molar refractivity (Wildman–Crippen MR) is 221 cm³/mol. The number of nitrogens with two attached hydrogens (primary N) is 4. The SMILES string of the molecule is Nc1cc(N)c(N=Nc2cccc(N=Nc3c(N)cc(N)c(N=Nc4ccc(S(=O)(=O)[O-])cc4)c3N=Nc3ccc(S(=O)(=O)[O-])cc3)c2)cc1N=Nc1ccc(S(=O)(=O)[O-])cc1.[Na+].[Na+].[Na+]. The fourth-order valence-corrected chi connectivity index (χ4v) is 6.39. The van der Waals surface area contributed by atoms with Gasteiger partial charge in [0.05, 0.1) is 65.9 Å². The van der Waals surface area contributed by atoms with Gasteiger partial charge in [-0.05, 0) is 109 Å². The van der Waals surface area contributed by atoms with Gasteiger partial charge in [-0.1, -0.05) is 6.07 Å². The third-order valence-electron chi connectivity index (χ3n) is 8.03. The molecule has 316 valence electrons. The molecule has 0 unspecified atom stereocenters. The van der Waals surface area contributed by atoms with Crippen LogP contribution in [0.25, 0.3) is 0 Å². The smallest absolute Gasteiger partial charge is 0.744 e. The van der Waals surface area contributed by atoms with Crippen molar-refractivity contribution < 1.29 is 128 Å². The average molecular weight is 965 g/mol. The summed E-state index contributed by atoms with van der Waals surface area (Å²) >= 11 is 0. The summed E-state index contributed by atoms with van der Waals surface area (Å²) in [6, 6.07) is 24.2. The van der Waals surface area contributed by atoms with Gasteiger partial charge in [0.15, 0.2) is 0 Å². The van der Waals surface area contributed by atoms with Crippen molar-refractivity contribution in [2.75, 3.05) is 22.9 Å². The third kappa shape index (κ3) is 14.9. The Kier molecular flexibility index (Phi) is 19.4. The quantitative estimate of drug-likeness (QED) is 0.0506. The Bertz CT molecular complexity index is 3200. The molecule has 0 bridgehead atoms. The van der Waals surface area contributed by atoms with Crippen LogP contribution in [0.15, 0.2) is 181 Å². The van der Waals surface area contributed by atoms with E-state index in [0.29, 0.717) is 0 Å². The van der Waals surface area contributed by atoms with Crippen LogP contribution in [-0.4, -0.2) is 38.9 Å². The number of benzene rings is 6. The summed E-state index contributed by atoms with van der Waals surface area (Å²) in [5.41, 5.74) is 25.9. The van der Waals surface area contributed by atoms with E-state index in [0.717, 1.165) is 36.4 Å². The molecular formula is C36H27N14Na3O9S3. The Hall–Kier alpha value is -4.75. The van der Waals surface area contributed by atoms with Gasteiger partial charge < -0.3 is 36.6 Å². The second kappa shape index (κ2) is 23.1. The van der Waals surface area contributed by atoms with E-state index < -0.39 is 45.0 Å². The summed E-state index contributed by atoms with van der Waals surface area (Å²) in [6.07, 6.45) is 0. The van der Waals surface area contributed by atoms with Crippen LogP contribution < -0.4 is 112 Å². The van der Waals surface area contributed by atoms with Crippen LogP contribution in [0.3, 0.4) is 0 Å². The van der Waals surface area contributed by atoms with Crippen LogP contribution in [0.5, 0.6) is 0 Å². The first kappa shape index (κ1) is 54.6. The van der Waals surface area contributed by atoms with Crippen molar-refractivity contribution in [1.82, 2.24) is 0 Å². The van der Waals surface area contributed by atoms with Crippen LogP contribution in [-0.2, 0) is 30.4 Å². The summed E-state index contributed by atoms with van der Waals surface area (Å²) in [7, 11) is -14.1. The number of hydrogen-bond acceptors (Lipinski definition) is 23. The minimum absolute atomic E-state index is 0. The Morgan fingerprint density at radius 3 is 0.969 bits per heavy atom. The van der Waals surface area contributed by atoms with E-state index >= 15 is 0 Å². The molecular weight excluding hydrogens is 938 g/mol. The number of azo groups is 5. The van der Waals surface area contributed by atoms with Gasteiger partial charge in [-0.25, -0.2) is 25.3 Å². The van der Waals surface area contributed by atoms with E-state index in [1.807, 2.05) is 0 Å². The summed E-state index contributed by atoms with van der Waals surface area (Å²) in [5, 5.41) is 41.6. The van der Waals surface area contributed by atoms with Crippen LogP contribution in [0.1, 0.15) is 0 Å². The molecule has 0 aromatic heterocycles. The Labute approximate surface area is 436 Å². The van der Waals surface area contributed by atoms with Gasteiger partial charge in [0.1, 0.15) is 58.8 Å². The van der Waals surface area contributed by atoms with Crippen molar-refractivity contribution in [3.05, 3.63) is 115 Å². The van der Waals surface area contributed by atoms with Gasteiger partial charge in [0, 0.05) is 0 Å². The maximum Gasteiger partial charge on any atom is 1.00 e. The van der Waals surface area contributed by atoms with Gasteiger partial charge in [-0.2, -0.15) is 25.6 Å². The molecule has 0 amide bonds. The van der Waals surface area contributed by atoms with E-state index in [2.05, 4.69) is 51.1 Å². The van der Waals surface area contributed by atoms with E-state index in [1.165, 1.54) is 60.7 Å². The molecule has 0 radical (unpaired) electrons. The molecule has 0 aliphatic rings. The number of rotatable bonds is 13. The van der Waals surface area contributed by atoms with Gasteiger partial charge in [0.25, 0.3) is 0 Å². The van der Waals surface area contributed by atoms with Crippen LogP contribution in [0, 0.1) is 0 Å². The van der Waals surface area contributed by atoms with Crippen molar-refractivity contribution in [3.63, 3.8) is 0 Å². The summed E-state index contributed by atoms with van der Waals surface area (Å²) in [5.74, 6) is 0. The summed E-state index contributed by atoms with van der Waals surface area (Å²) in [4.78, 5) is -1.42. The first-order valence-corrected chi connectivity index (χ1v) is 21.2. The fourth-order valence-electron chi connectivity index (χ4n) is 4.98. The zero-order valence-corrected chi connectivity index (χ0v) is 42.6. The van der Waals surface area contributed by atoms with Gasteiger partial charge in [0.2, 0.25) is 0 Å². The topological polar surface area (TPSA) is 399 Å². The van der Waals surface area contributed by atoms with Gasteiger partial charge >= 0.3 is 88.7 Å². The maximum atomic E-state index is 11.4. The molecule has 0 spiro atoms. The number of hydrogen-bond donors (Lipinski definition) is 4. The Morgan fingerprint density at radius 1 is 0.323 bits per heavy atom. The first-order valence-electron chi connectivity index (χ1n) is 17.0. The zero-order valence-electron chi connectivity index (χ0n) is 34.2. The van der Waals surface area contributed by atoms with Crippen LogP contribution in [0.2, 0.25) is 0 Å². The molecule has 65 heavy (non-hydrogen) atoms. The standard InChI is InChI=1S/C36H30N14O9S3.3Na/c37-28-17-29(38)33(19-32(28)46-41-20-4-10-25(11-5-20)60(51,52)53)47-44-23-2-1-3-24(16-23)45-49-35-31(40)18-30(39)34(48-42-21-6-12-26(13-7-21)61(54,55)56)36(35)50-43-22-8-14-27(15-9-22)62(57,58)59;;;/h1-19H,37-40H2,(H,51,52,53)(H,54,55,56)(H,57,58,59);;;/q;3*+1/p-3. The molecule has 23 nitrogen and oxygen atoms in total. The Balaban J connectivity index is 0.00000374. The number of nitrogens with zero attached hydrogens (tertiary/aromatic N) is 10. The molecule has 6 rings (SSSR count). The molecule has 8 N–H and O–H groups in total. The molecule has 0 saturated heterocycles. The number of nitrogen functional groups attached to an aromatic ring is 4. The Morgan fingerprint density at radius 2 is 0.615 bits per heavy atom. The molecule has 29 heteroatoms. The van der Waals surface area contributed by atoms with Crippen molar-refractivity contribution in [2.45, 2.75) is 14.7 Å². The van der Waals surface area contributed by atoms with E-state index in [4.69, 9.17) is 22.9 Å². The van der Waals surface area contributed by atoms with Crippen molar-refractivity contribution in [1.29, 1.82) is 0 Å². The maximum absolute atomic E-state index is 11.4. The van der Waals surface area contributed by atoms with Crippen molar-refractivity contribution >= 4 is 110 Å². The predicted octanol–water partition coefficient (Wildman–Crippen LogP) is -0.183. The third-order valence-corrected chi connectivity index (χ3v) is 10.6. The summed E-state index contributed by atoms with van der Waals surface area (Å²) < 4.78 is 102. The van der Waals surface area contributed by atoms with Crippen LogP contribution in [0.4, 0.5) is 79.6 Å². The largest absolute Gasteiger partial charge is 1.00 e. The molecule has 0 fully saturated rings. The monoisotopic (exact) mass is 964 g/mol. The first-order chi connectivity index (χ1) is 29.2. The molecule has 0 saturated carbocycles. The molecule has 6 aromatic carbocycles. The van der Waals surface area contributed by atoms with Crippen LogP contribution >= 0.6 is 0 Å². The second-order valence-electron chi connectivity index (χ2n) is 12.4. The molecule has 0 heterocycles. The second-order valence-corrected chi connectivity index (χ2v) is 16.6.